The van der Waals surface area contributed by atoms with Crippen molar-refractivity contribution in [2.24, 2.45) is 0 Å². The van der Waals surface area contributed by atoms with Crippen molar-refractivity contribution in [3.8, 4) is 17.2 Å². The number of ether oxygens (including phenoxy) is 3. The van der Waals surface area contributed by atoms with Gasteiger partial charge >= 0.3 is 0 Å². The van der Waals surface area contributed by atoms with Crippen LogP contribution in [0.3, 0.4) is 0 Å². The molecule has 0 aromatic heterocycles. The third-order valence-corrected chi connectivity index (χ3v) is 3.43. The molecule has 0 atom stereocenters. The van der Waals surface area contributed by atoms with Gasteiger partial charge in [-0.05, 0) is 50.2 Å². The minimum absolute atomic E-state index is 0.00861. The summed E-state index contributed by atoms with van der Waals surface area (Å²) in [4.78, 5) is 12.5. The highest BCUT2D eigenvalue weighted by molar-refractivity contribution is 6.31. The molecule has 128 valence electrons. The first-order valence-electron chi connectivity index (χ1n) is 7.44. The molecule has 1 amide bonds. The maximum Gasteiger partial charge on any atom is 0.255 e. The molecule has 0 spiro atoms. The Bertz CT molecular complexity index is 731. The van der Waals surface area contributed by atoms with Crippen molar-refractivity contribution in [2.75, 3.05) is 19.5 Å². The smallest absolute Gasteiger partial charge is 0.255 e. The number of anilines is 1. The third kappa shape index (κ3) is 4.32. The Hall–Kier alpha value is -2.40. The van der Waals surface area contributed by atoms with Crippen molar-refractivity contribution < 1.29 is 19.0 Å². The molecule has 24 heavy (non-hydrogen) atoms. The maximum absolute atomic E-state index is 12.5. The molecule has 0 aliphatic heterocycles. The van der Waals surface area contributed by atoms with Gasteiger partial charge in [0.2, 0.25) is 0 Å². The zero-order valence-corrected chi connectivity index (χ0v) is 14.8. The van der Waals surface area contributed by atoms with Gasteiger partial charge in [0.1, 0.15) is 5.75 Å². The van der Waals surface area contributed by atoms with E-state index in [1.165, 1.54) is 14.2 Å². The van der Waals surface area contributed by atoms with E-state index >= 15 is 0 Å². The average Bonchev–Trinajstić information content (AvgIpc) is 2.54. The molecule has 0 fully saturated rings. The number of carbonyl (C=O) groups is 1. The van der Waals surface area contributed by atoms with Crippen LogP contribution in [0.2, 0.25) is 5.02 Å². The summed E-state index contributed by atoms with van der Waals surface area (Å²) < 4.78 is 16.2. The Balaban J connectivity index is 2.25. The molecule has 2 aromatic carbocycles. The maximum atomic E-state index is 12.5. The SMILES string of the molecule is COc1ccc(Cl)cc1NC(=O)c1ccc(OC(C)C)c(OC)c1. The van der Waals surface area contributed by atoms with Gasteiger partial charge in [0.15, 0.2) is 11.5 Å². The topological polar surface area (TPSA) is 56.8 Å². The van der Waals surface area contributed by atoms with Crippen LogP contribution in [0.15, 0.2) is 36.4 Å². The van der Waals surface area contributed by atoms with Crippen LogP contribution in [-0.4, -0.2) is 26.2 Å². The zero-order valence-electron chi connectivity index (χ0n) is 14.1. The lowest BCUT2D eigenvalue weighted by Gasteiger charge is -2.15. The molecule has 0 saturated carbocycles. The molecular formula is C18H20ClNO4. The number of nitrogens with one attached hydrogen (secondary N) is 1. The highest BCUT2D eigenvalue weighted by Gasteiger charge is 2.14. The number of methoxy groups -OCH3 is 2. The molecule has 2 rings (SSSR count). The summed E-state index contributed by atoms with van der Waals surface area (Å²) in [6.45, 7) is 3.84. The minimum atomic E-state index is -0.301. The molecule has 2 aromatic rings. The number of hydrogen-bond acceptors (Lipinski definition) is 4. The largest absolute Gasteiger partial charge is 0.495 e. The van der Waals surface area contributed by atoms with Crippen LogP contribution >= 0.6 is 11.6 Å². The number of benzene rings is 2. The van der Waals surface area contributed by atoms with E-state index in [1.54, 1.807) is 36.4 Å². The number of carbonyl (C=O) groups excluding carboxylic acids is 1. The lowest BCUT2D eigenvalue weighted by Crippen LogP contribution is -2.13. The van der Waals surface area contributed by atoms with E-state index in [4.69, 9.17) is 25.8 Å². The van der Waals surface area contributed by atoms with Gasteiger partial charge in [-0.25, -0.2) is 0 Å². The molecule has 0 heterocycles. The van der Waals surface area contributed by atoms with E-state index in [-0.39, 0.29) is 12.0 Å². The lowest BCUT2D eigenvalue weighted by atomic mass is 10.1. The van der Waals surface area contributed by atoms with Gasteiger partial charge in [0.25, 0.3) is 5.91 Å². The number of rotatable bonds is 6. The summed E-state index contributed by atoms with van der Waals surface area (Å²) in [6, 6.07) is 10.0. The summed E-state index contributed by atoms with van der Waals surface area (Å²) in [5.41, 5.74) is 0.932. The Labute approximate surface area is 146 Å². The fourth-order valence-electron chi connectivity index (χ4n) is 2.13. The van der Waals surface area contributed by atoms with Gasteiger partial charge in [-0.1, -0.05) is 11.6 Å². The van der Waals surface area contributed by atoms with Crippen LogP contribution in [0.25, 0.3) is 0 Å². The molecule has 0 unspecified atom stereocenters. The highest BCUT2D eigenvalue weighted by Crippen LogP contribution is 2.31. The van der Waals surface area contributed by atoms with Gasteiger partial charge in [0.05, 0.1) is 26.0 Å². The van der Waals surface area contributed by atoms with E-state index in [0.717, 1.165) is 0 Å². The van der Waals surface area contributed by atoms with Crippen molar-refractivity contribution in [3.05, 3.63) is 47.0 Å². The Morgan fingerprint density at radius 1 is 1.00 bits per heavy atom. The molecule has 5 nitrogen and oxygen atoms in total. The molecule has 0 bridgehead atoms. The molecule has 1 N–H and O–H groups in total. The normalized spacial score (nSPS) is 10.4. The number of amides is 1. The van der Waals surface area contributed by atoms with Crippen molar-refractivity contribution in [1.82, 2.24) is 0 Å². The van der Waals surface area contributed by atoms with Gasteiger partial charge < -0.3 is 19.5 Å². The van der Waals surface area contributed by atoms with E-state index in [2.05, 4.69) is 5.32 Å². The van der Waals surface area contributed by atoms with E-state index < -0.39 is 0 Å². The van der Waals surface area contributed by atoms with Crippen LogP contribution in [0, 0.1) is 0 Å². The molecule has 0 aliphatic carbocycles. The summed E-state index contributed by atoms with van der Waals surface area (Å²) >= 11 is 5.98. The standard InChI is InChI=1S/C18H20ClNO4/c1-11(2)24-16-7-5-12(9-17(16)23-4)18(21)20-14-10-13(19)6-8-15(14)22-3/h5-11H,1-4H3,(H,20,21). The van der Waals surface area contributed by atoms with E-state index in [9.17, 15) is 4.79 Å². The molecule has 0 aliphatic rings. The van der Waals surface area contributed by atoms with Gasteiger partial charge in [-0.15, -0.1) is 0 Å². The van der Waals surface area contributed by atoms with Crippen molar-refractivity contribution in [3.63, 3.8) is 0 Å². The second-order valence-corrected chi connectivity index (χ2v) is 5.77. The summed E-state index contributed by atoms with van der Waals surface area (Å²) in [7, 11) is 3.06. The zero-order chi connectivity index (χ0) is 17.7. The van der Waals surface area contributed by atoms with Crippen molar-refractivity contribution >= 4 is 23.2 Å². The van der Waals surface area contributed by atoms with Crippen LogP contribution in [0.4, 0.5) is 5.69 Å². The van der Waals surface area contributed by atoms with Crippen molar-refractivity contribution in [2.45, 2.75) is 20.0 Å². The van der Waals surface area contributed by atoms with Gasteiger partial charge in [0, 0.05) is 10.6 Å². The quantitative estimate of drug-likeness (QED) is 0.840. The van der Waals surface area contributed by atoms with Crippen LogP contribution in [0.5, 0.6) is 17.2 Å². The summed E-state index contributed by atoms with van der Waals surface area (Å²) in [5.74, 6) is 1.31. The highest BCUT2D eigenvalue weighted by atomic mass is 35.5. The first-order valence-corrected chi connectivity index (χ1v) is 7.82. The predicted molar refractivity (Wildman–Crippen MR) is 94.7 cm³/mol. The van der Waals surface area contributed by atoms with E-state index in [1.807, 2.05) is 13.8 Å². The lowest BCUT2D eigenvalue weighted by molar-refractivity contribution is 0.102. The van der Waals surface area contributed by atoms with Crippen LogP contribution < -0.4 is 19.5 Å². The van der Waals surface area contributed by atoms with Gasteiger partial charge in [-0.3, -0.25) is 4.79 Å². The first kappa shape index (κ1) is 17.9. The second-order valence-electron chi connectivity index (χ2n) is 5.33. The fourth-order valence-corrected chi connectivity index (χ4v) is 2.30. The summed E-state index contributed by atoms with van der Waals surface area (Å²) in [5, 5.41) is 3.29. The van der Waals surface area contributed by atoms with Crippen molar-refractivity contribution in [1.29, 1.82) is 0 Å². The van der Waals surface area contributed by atoms with Crippen LogP contribution in [0.1, 0.15) is 24.2 Å². The third-order valence-electron chi connectivity index (χ3n) is 3.20. The molecular weight excluding hydrogens is 330 g/mol. The van der Waals surface area contributed by atoms with Crippen LogP contribution in [-0.2, 0) is 0 Å². The first-order chi connectivity index (χ1) is 11.4. The minimum Gasteiger partial charge on any atom is -0.495 e. The monoisotopic (exact) mass is 349 g/mol. The molecule has 6 heteroatoms. The van der Waals surface area contributed by atoms with Gasteiger partial charge in [-0.2, -0.15) is 0 Å². The Morgan fingerprint density at radius 2 is 1.67 bits per heavy atom. The number of hydrogen-bond donors (Lipinski definition) is 1. The summed E-state index contributed by atoms with van der Waals surface area (Å²) in [6.07, 6.45) is 0.00861. The predicted octanol–water partition coefficient (Wildman–Crippen LogP) is 4.40. The Kier molecular flexibility index (Phi) is 5.93. The Morgan fingerprint density at radius 3 is 2.29 bits per heavy atom. The molecule has 0 radical (unpaired) electrons. The average molecular weight is 350 g/mol. The fraction of sp³-hybridized carbons (Fsp3) is 0.278. The second kappa shape index (κ2) is 7.93. The van der Waals surface area contributed by atoms with E-state index in [0.29, 0.717) is 33.5 Å². The molecule has 0 saturated heterocycles. The number of halogens is 1.